The highest BCUT2D eigenvalue weighted by Gasteiger charge is 2.10. The van der Waals surface area contributed by atoms with Gasteiger partial charge in [0.25, 0.3) is 5.91 Å². The van der Waals surface area contributed by atoms with Crippen molar-refractivity contribution in [3.8, 4) is 10.6 Å². The SMILES string of the molecule is O=C(N/N=C/C(Br)=C/c1ccccc1)c1cc(-c2cccs2)[nH]n1. The molecule has 3 rings (SSSR count). The molecule has 0 unspecified atom stereocenters. The number of halogens is 1. The van der Waals surface area contributed by atoms with Crippen LogP contribution in [0.15, 0.2) is 63.5 Å². The number of hydrogen-bond acceptors (Lipinski definition) is 4. The van der Waals surface area contributed by atoms with Crippen LogP contribution < -0.4 is 5.43 Å². The maximum absolute atomic E-state index is 12.0. The van der Waals surface area contributed by atoms with E-state index in [2.05, 4.69) is 36.7 Å². The summed E-state index contributed by atoms with van der Waals surface area (Å²) < 4.78 is 0.746. The Labute approximate surface area is 151 Å². The highest BCUT2D eigenvalue weighted by Crippen LogP contribution is 2.22. The normalized spacial score (nSPS) is 11.8. The fraction of sp³-hybridized carbons (Fsp3) is 0. The van der Waals surface area contributed by atoms with E-state index in [1.807, 2.05) is 53.9 Å². The molecule has 0 aliphatic rings. The van der Waals surface area contributed by atoms with Gasteiger partial charge in [0.15, 0.2) is 5.69 Å². The number of carbonyl (C=O) groups is 1. The molecule has 5 nitrogen and oxygen atoms in total. The van der Waals surface area contributed by atoms with Gasteiger partial charge in [-0.1, -0.05) is 36.4 Å². The minimum Gasteiger partial charge on any atom is -0.276 e. The topological polar surface area (TPSA) is 70.1 Å². The molecule has 2 N–H and O–H groups in total. The van der Waals surface area contributed by atoms with Crippen molar-refractivity contribution >= 4 is 45.5 Å². The second-order valence-electron chi connectivity index (χ2n) is 4.78. The van der Waals surface area contributed by atoms with Crippen molar-refractivity contribution in [1.29, 1.82) is 0 Å². The number of benzene rings is 1. The fourth-order valence-electron chi connectivity index (χ4n) is 1.95. The molecule has 3 aromatic rings. The summed E-state index contributed by atoms with van der Waals surface area (Å²) in [5, 5.41) is 12.7. The number of carbonyl (C=O) groups excluding carboxylic acids is 1. The second kappa shape index (κ2) is 7.85. The van der Waals surface area contributed by atoms with Crippen LogP contribution >= 0.6 is 27.3 Å². The minimum atomic E-state index is -0.370. The third-order valence-electron chi connectivity index (χ3n) is 3.06. The van der Waals surface area contributed by atoms with Crippen molar-refractivity contribution in [2.45, 2.75) is 0 Å². The maximum atomic E-state index is 12.0. The second-order valence-corrected chi connectivity index (χ2v) is 6.65. The summed E-state index contributed by atoms with van der Waals surface area (Å²) in [6.45, 7) is 0. The van der Waals surface area contributed by atoms with Gasteiger partial charge >= 0.3 is 0 Å². The van der Waals surface area contributed by atoms with Gasteiger partial charge in [-0.2, -0.15) is 10.2 Å². The van der Waals surface area contributed by atoms with Gasteiger partial charge in [0.05, 0.1) is 16.8 Å². The Balaban J connectivity index is 1.60. The quantitative estimate of drug-likeness (QED) is 0.495. The zero-order chi connectivity index (χ0) is 16.8. The first-order valence-electron chi connectivity index (χ1n) is 7.07. The number of thiophene rings is 1. The number of nitrogens with zero attached hydrogens (tertiary/aromatic N) is 2. The van der Waals surface area contributed by atoms with Gasteiger partial charge in [0.1, 0.15) is 0 Å². The van der Waals surface area contributed by atoms with E-state index in [0.717, 1.165) is 20.6 Å². The van der Waals surface area contributed by atoms with Crippen molar-refractivity contribution in [3.05, 3.63) is 69.7 Å². The number of aromatic amines is 1. The van der Waals surface area contributed by atoms with E-state index in [1.54, 1.807) is 17.4 Å². The van der Waals surface area contributed by atoms with Gasteiger partial charge in [-0.25, -0.2) is 5.43 Å². The lowest BCUT2D eigenvalue weighted by molar-refractivity contribution is 0.0950. The molecule has 2 heterocycles. The lowest BCUT2D eigenvalue weighted by Crippen LogP contribution is -2.17. The van der Waals surface area contributed by atoms with Crippen LogP contribution in [0.25, 0.3) is 16.6 Å². The number of nitrogens with one attached hydrogen (secondary N) is 2. The molecule has 0 saturated heterocycles. The molecule has 1 aromatic carbocycles. The highest BCUT2D eigenvalue weighted by atomic mass is 79.9. The number of rotatable bonds is 5. The Hall–Kier alpha value is -2.51. The molecule has 2 aromatic heterocycles. The van der Waals surface area contributed by atoms with Crippen molar-refractivity contribution < 1.29 is 4.79 Å². The molecule has 24 heavy (non-hydrogen) atoms. The standard InChI is InChI=1S/C17H13BrN4OS/c18-13(9-12-5-2-1-3-6-12)11-19-22-17(23)15-10-14(20-21-15)16-7-4-8-24-16/h1-11H,(H,20,21)(H,22,23)/b13-9-,19-11+. The summed E-state index contributed by atoms with van der Waals surface area (Å²) in [5.41, 5.74) is 4.59. The van der Waals surface area contributed by atoms with Crippen LogP contribution in [0.2, 0.25) is 0 Å². The molecule has 0 aliphatic heterocycles. The van der Waals surface area contributed by atoms with E-state index in [9.17, 15) is 4.79 Å². The molecule has 0 bridgehead atoms. The molecule has 0 saturated carbocycles. The number of allylic oxidation sites excluding steroid dienone is 1. The molecular formula is C17H13BrN4OS. The number of amides is 1. The molecule has 0 fully saturated rings. The molecule has 0 radical (unpaired) electrons. The van der Waals surface area contributed by atoms with E-state index in [-0.39, 0.29) is 5.91 Å². The zero-order valence-corrected chi connectivity index (χ0v) is 14.8. The molecule has 0 aliphatic carbocycles. The Morgan fingerprint density at radius 1 is 1.25 bits per heavy atom. The average Bonchev–Trinajstić information content (AvgIpc) is 3.27. The molecule has 1 amide bonds. The number of hydrogen-bond donors (Lipinski definition) is 2. The average molecular weight is 401 g/mol. The number of aromatic nitrogens is 2. The van der Waals surface area contributed by atoms with Crippen molar-refractivity contribution in [3.63, 3.8) is 0 Å². The van der Waals surface area contributed by atoms with Crippen LogP contribution in [-0.4, -0.2) is 22.3 Å². The number of hydrazone groups is 1. The lowest BCUT2D eigenvalue weighted by Gasteiger charge is -1.95. The molecular weight excluding hydrogens is 388 g/mol. The monoisotopic (exact) mass is 400 g/mol. The van der Waals surface area contributed by atoms with E-state index in [0.29, 0.717) is 5.69 Å². The van der Waals surface area contributed by atoms with Crippen LogP contribution in [0.4, 0.5) is 0 Å². The van der Waals surface area contributed by atoms with Gasteiger partial charge in [0, 0.05) is 4.48 Å². The third-order valence-corrected chi connectivity index (χ3v) is 4.39. The molecule has 0 atom stereocenters. The van der Waals surface area contributed by atoms with Gasteiger partial charge in [-0.15, -0.1) is 11.3 Å². The lowest BCUT2D eigenvalue weighted by atomic mass is 10.2. The van der Waals surface area contributed by atoms with Gasteiger partial charge in [-0.3, -0.25) is 9.89 Å². The zero-order valence-electron chi connectivity index (χ0n) is 12.4. The summed E-state index contributed by atoms with van der Waals surface area (Å²) in [6.07, 6.45) is 3.43. The largest absolute Gasteiger partial charge is 0.291 e. The summed E-state index contributed by atoms with van der Waals surface area (Å²) in [7, 11) is 0. The van der Waals surface area contributed by atoms with Crippen LogP contribution in [0, 0.1) is 0 Å². The van der Waals surface area contributed by atoms with E-state index in [1.165, 1.54) is 6.21 Å². The van der Waals surface area contributed by atoms with Crippen molar-refractivity contribution in [2.75, 3.05) is 0 Å². The van der Waals surface area contributed by atoms with Gasteiger partial charge in [-0.05, 0) is 45.1 Å². The summed E-state index contributed by atoms with van der Waals surface area (Å²) in [5.74, 6) is -0.370. The predicted octanol–water partition coefficient (Wildman–Crippen LogP) is 4.29. The van der Waals surface area contributed by atoms with Crippen LogP contribution in [0.5, 0.6) is 0 Å². The van der Waals surface area contributed by atoms with Crippen LogP contribution in [0.3, 0.4) is 0 Å². The number of H-pyrrole nitrogens is 1. The summed E-state index contributed by atoms with van der Waals surface area (Å²) >= 11 is 4.97. The first-order chi connectivity index (χ1) is 11.7. The predicted molar refractivity (Wildman–Crippen MR) is 101 cm³/mol. The maximum Gasteiger partial charge on any atom is 0.291 e. The van der Waals surface area contributed by atoms with Crippen LogP contribution in [-0.2, 0) is 0 Å². The smallest absolute Gasteiger partial charge is 0.276 e. The van der Waals surface area contributed by atoms with Gasteiger partial charge < -0.3 is 0 Å². The Bertz CT molecular complexity index is 869. The first-order valence-corrected chi connectivity index (χ1v) is 8.74. The summed E-state index contributed by atoms with van der Waals surface area (Å²) in [4.78, 5) is 13.1. The molecule has 0 spiro atoms. The van der Waals surface area contributed by atoms with E-state index in [4.69, 9.17) is 0 Å². The van der Waals surface area contributed by atoms with Crippen molar-refractivity contribution in [2.24, 2.45) is 5.10 Å². The highest BCUT2D eigenvalue weighted by molar-refractivity contribution is 9.12. The Morgan fingerprint density at radius 2 is 2.08 bits per heavy atom. The Morgan fingerprint density at radius 3 is 2.83 bits per heavy atom. The summed E-state index contributed by atoms with van der Waals surface area (Å²) in [6, 6.07) is 15.4. The third kappa shape index (κ3) is 4.27. The van der Waals surface area contributed by atoms with E-state index < -0.39 is 0 Å². The van der Waals surface area contributed by atoms with Gasteiger partial charge in [0.2, 0.25) is 0 Å². The van der Waals surface area contributed by atoms with Crippen LogP contribution in [0.1, 0.15) is 16.1 Å². The Kier molecular flexibility index (Phi) is 5.35. The molecule has 7 heteroatoms. The first kappa shape index (κ1) is 16.4. The molecule has 120 valence electrons. The minimum absolute atomic E-state index is 0.290. The van der Waals surface area contributed by atoms with E-state index >= 15 is 0 Å². The van der Waals surface area contributed by atoms with Crippen molar-refractivity contribution in [1.82, 2.24) is 15.6 Å². The fourth-order valence-corrected chi connectivity index (χ4v) is 3.01.